The van der Waals surface area contributed by atoms with Crippen molar-refractivity contribution in [2.24, 2.45) is 0 Å². The van der Waals surface area contributed by atoms with Crippen LogP contribution in [0.25, 0.3) is 21.3 Å². The van der Waals surface area contributed by atoms with Gasteiger partial charge >= 0.3 is 5.97 Å². The van der Waals surface area contributed by atoms with Crippen molar-refractivity contribution in [3.63, 3.8) is 0 Å². The molecule has 7 heteroatoms. The van der Waals surface area contributed by atoms with Crippen LogP contribution in [0.4, 0.5) is 0 Å². The third kappa shape index (κ3) is 4.04. The van der Waals surface area contributed by atoms with E-state index in [1.807, 2.05) is 36.6 Å². The van der Waals surface area contributed by atoms with Crippen LogP contribution in [0.2, 0.25) is 0 Å². The molecule has 2 aromatic carbocycles. The summed E-state index contributed by atoms with van der Waals surface area (Å²) >= 11 is 1.37. The summed E-state index contributed by atoms with van der Waals surface area (Å²) in [5.41, 5.74) is 2.82. The van der Waals surface area contributed by atoms with E-state index < -0.39 is 12.0 Å². The number of nitrogens with zero attached hydrogens (tertiary/aromatic N) is 2. The lowest BCUT2D eigenvalue weighted by Gasteiger charge is -2.18. The molecular weight excluding hydrogens is 412 g/mol. The van der Waals surface area contributed by atoms with Gasteiger partial charge in [-0.2, -0.15) is 0 Å². The first kappa shape index (κ1) is 20.7. The number of fused-ring (bicyclic) bond motifs is 1. The summed E-state index contributed by atoms with van der Waals surface area (Å²) < 4.78 is 6.03. The number of aromatic nitrogens is 2. The lowest BCUT2D eigenvalue weighted by Crippen LogP contribution is -2.32. The predicted molar refractivity (Wildman–Crippen MR) is 120 cm³/mol. The number of esters is 1. The number of benzene rings is 2. The lowest BCUT2D eigenvalue weighted by atomic mass is 10.0. The van der Waals surface area contributed by atoms with Crippen molar-refractivity contribution in [1.82, 2.24) is 9.55 Å². The van der Waals surface area contributed by atoms with Crippen molar-refractivity contribution in [3.8, 4) is 11.1 Å². The van der Waals surface area contributed by atoms with Gasteiger partial charge in [-0.25, -0.2) is 4.98 Å². The molecule has 0 fully saturated rings. The average molecular weight is 433 g/mol. The Hall–Kier alpha value is -3.58. The summed E-state index contributed by atoms with van der Waals surface area (Å²) in [7, 11) is 1.25. The van der Waals surface area contributed by atoms with Crippen molar-refractivity contribution in [2.75, 3.05) is 7.11 Å². The van der Waals surface area contributed by atoms with E-state index in [1.165, 1.54) is 29.3 Å². The molecule has 0 aliphatic rings. The van der Waals surface area contributed by atoms with Crippen molar-refractivity contribution in [3.05, 3.63) is 87.8 Å². The van der Waals surface area contributed by atoms with Gasteiger partial charge in [-0.1, -0.05) is 60.2 Å². The second-order valence-electron chi connectivity index (χ2n) is 7.18. The quantitative estimate of drug-likeness (QED) is 0.333. The van der Waals surface area contributed by atoms with Gasteiger partial charge in [0.15, 0.2) is 5.78 Å². The molecule has 31 heavy (non-hydrogen) atoms. The van der Waals surface area contributed by atoms with Gasteiger partial charge in [-0.05, 0) is 12.5 Å². The molecule has 0 amide bonds. The molecule has 1 atom stereocenters. The highest BCUT2D eigenvalue weighted by atomic mass is 32.1. The number of hydrogen-bond donors (Lipinski definition) is 0. The number of methoxy groups -OCH3 is 1. The average Bonchev–Trinajstić information content (AvgIpc) is 3.23. The van der Waals surface area contributed by atoms with E-state index in [0.29, 0.717) is 15.8 Å². The van der Waals surface area contributed by atoms with E-state index in [4.69, 9.17) is 4.74 Å². The molecule has 0 N–H and O–H groups in total. The van der Waals surface area contributed by atoms with Gasteiger partial charge in [-0.3, -0.25) is 19.0 Å². The van der Waals surface area contributed by atoms with Gasteiger partial charge in [0, 0.05) is 16.5 Å². The van der Waals surface area contributed by atoms with Gasteiger partial charge in [0.1, 0.15) is 10.9 Å². The molecule has 0 radical (unpaired) electrons. The molecule has 0 bridgehead atoms. The summed E-state index contributed by atoms with van der Waals surface area (Å²) in [6.45, 7) is 2.00. The lowest BCUT2D eigenvalue weighted by molar-refractivity contribution is -0.141. The molecule has 2 aromatic heterocycles. The molecule has 0 saturated heterocycles. The fraction of sp³-hybridized carbons (Fsp3) is 0.167. The number of aryl methyl sites for hydroxylation is 1. The molecular formula is C24H20N2O4S. The molecule has 1 unspecified atom stereocenters. The van der Waals surface area contributed by atoms with Crippen LogP contribution >= 0.6 is 11.3 Å². The van der Waals surface area contributed by atoms with E-state index in [-0.39, 0.29) is 17.8 Å². The Morgan fingerprint density at radius 2 is 1.81 bits per heavy atom. The molecule has 156 valence electrons. The summed E-state index contributed by atoms with van der Waals surface area (Å²) in [6, 6.07) is 15.4. The fourth-order valence-electron chi connectivity index (χ4n) is 3.47. The van der Waals surface area contributed by atoms with Crippen LogP contribution in [0, 0.1) is 6.92 Å². The Balaban J connectivity index is 1.87. The number of carbonyl (C=O) groups is 2. The molecule has 0 saturated carbocycles. The molecule has 0 aliphatic heterocycles. The van der Waals surface area contributed by atoms with Crippen LogP contribution < -0.4 is 5.56 Å². The number of ether oxygens (including phenoxy) is 1. The maximum Gasteiger partial charge on any atom is 0.308 e. The first-order valence-corrected chi connectivity index (χ1v) is 10.6. The van der Waals surface area contributed by atoms with Gasteiger partial charge in [0.2, 0.25) is 0 Å². The third-order valence-corrected chi connectivity index (χ3v) is 6.05. The van der Waals surface area contributed by atoms with E-state index in [1.54, 1.807) is 30.3 Å². The van der Waals surface area contributed by atoms with Crippen LogP contribution in [-0.2, 0) is 9.53 Å². The first-order chi connectivity index (χ1) is 15.0. The second kappa shape index (κ2) is 8.65. The van der Waals surface area contributed by atoms with Crippen molar-refractivity contribution < 1.29 is 14.3 Å². The minimum atomic E-state index is -1.05. The van der Waals surface area contributed by atoms with Crippen LogP contribution in [0.3, 0.4) is 0 Å². The fourth-order valence-corrected chi connectivity index (χ4v) is 4.37. The normalized spacial score (nSPS) is 11.9. The molecule has 0 spiro atoms. The topological polar surface area (TPSA) is 78.3 Å². The minimum Gasteiger partial charge on any atom is -0.469 e. The maximum absolute atomic E-state index is 13.5. The number of Topliss-reactive ketones (excluding diaryl/α,β-unsaturated/α-hetero) is 1. The Kier molecular flexibility index (Phi) is 5.77. The standard InChI is InChI=1S/C24H20N2O4S/c1-15-8-10-16(11-9-15)18-13-31-23-21(18)24(29)26(14-25-23)19(12-20(27)30-2)22(28)17-6-4-3-5-7-17/h3-11,13-14,19H,12H2,1-2H3. The number of ketones is 1. The Labute approximate surface area is 182 Å². The summed E-state index contributed by atoms with van der Waals surface area (Å²) in [6.07, 6.45) is 1.08. The number of thiophene rings is 1. The van der Waals surface area contributed by atoms with Crippen LogP contribution in [0.1, 0.15) is 28.4 Å². The van der Waals surface area contributed by atoms with E-state index in [0.717, 1.165) is 16.7 Å². The molecule has 4 rings (SSSR count). The van der Waals surface area contributed by atoms with Crippen molar-refractivity contribution in [1.29, 1.82) is 0 Å². The van der Waals surface area contributed by atoms with E-state index in [9.17, 15) is 14.4 Å². The number of carbonyl (C=O) groups excluding carboxylic acids is 2. The molecule has 0 aliphatic carbocycles. The molecule has 2 heterocycles. The van der Waals surface area contributed by atoms with Gasteiger partial charge in [0.05, 0.1) is 25.2 Å². The summed E-state index contributed by atoms with van der Waals surface area (Å²) in [5.74, 6) is -0.924. The zero-order valence-corrected chi connectivity index (χ0v) is 17.9. The zero-order valence-electron chi connectivity index (χ0n) is 17.1. The monoisotopic (exact) mass is 432 g/mol. The zero-order chi connectivity index (χ0) is 22.0. The number of hydrogen-bond acceptors (Lipinski definition) is 6. The van der Waals surface area contributed by atoms with E-state index in [2.05, 4.69) is 4.98 Å². The van der Waals surface area contributed by atoms with Crippen LogP contribution in [-0.4, -0.2) is 28.4 Å². The summed E-state index contributed by atoms with van der Waals surface area (Å²) in [5, 5.41) is 2.33. The smallest absolute Gasteiger partial charge is 0.308 e. The SMILES string of the molecule is COC(=O)CC(C(=O)c1ccccc1)n1cnc2scc(-c3ccc(C)cc3)c2c1=O. The minimum absolute atomic E-state index is 0.263. The predicted octanol–water partition coefficient (Wildman–Crippen LogP) is 4.42. The number of rotatable bonds is 6. The first-order valence-electron chi connectivity index (χ1n) is 9.71. The van der Waals surface area contributed by atoms with Gasteiger partial charge in [0.25, 0.3) is 5.56 Å². The Morgan fingerprint density at radius 3 is 2.48 bits per heavy atom. The van der Waals surface area contributed by atoms with Crippen molar-refractivity contribution >= 4 is 33.3 Å². The molecule has 4 aromatic rings. The van der Waals surface area contributed by atoms with Crippen molar-refractivity contribution in [2.45, 2.75) is 19.4 Å². The molecule has 6 nitrogen and oxygen atoms in total. The Morgan fingerprint density at radius 1 is 1.10 bits per heavy atom. The van der Waals surface area contributed by atoms with Crippen LogP contribution in [0.15, 0.2) is 71.1 Å². The van der Waals surface area contributed by atoms with Gasteiger partial charge in [-0.15, -0.1) is 11.3 Å². The highest BCUT2D eigenvalue weighted by molar-refractivity contribution is 7.17. The van der Waals surface area contributed by atoms with E-state index >= 15 is 0 Å². The van der Waals surface area contributed by atoms with Gasteiger partial charge < -0.3 is 4.74 Å². The second-order valence-corrected chi connectivity index (χ2v) is 8.04. The Bertz CT molecular complexity index is 1310. The highest BCUT2D eigenvalue weighted by Gasteiger charge is 2.28. The highest BCUT2D eigenvalue weighted by Crippen LogP contribution is 2.31. The summed E-state index contributed by atoms with van der Waals surface area (Å²) in [4.78, 5) is 43.8. The third-order valence-electron chi connectivity index (χ3n) is 5.17. The largest absolute Gasteiger partial charge is 0.469 e. The van der Waals surface area contributed by atoms with Crippen LogP contribution in [0.5, 0.6) is 0 Å². The maximum atomic E-state index is 13.5.